The van der Waals surface area contributed by atoms with E-state index in [-0.39, 0.29) is 23.0 Å². The zero-order valence-corrected chi connectivity index (χ0v) is 13.0. The number of nitrogens with zero attached hydrogens (tertiary/aromatic N) is 1. The second-order valence-corrected chi connectivity index (χ2v) is 6.91. The molecule has 0 aliphatic rings. The molecule has 0 bridgehead atoms. The van der Waals surface area contributed by atoms with Gasteiger partial charge in [0.1, 0.15) is 0 Å². The van der Waals surface area contributed by atoms with Gasteiger partial charge in [-0.25, -0.2) is 8.42 Å². The monoisotopic (exact) mass is 298 g/mol. The fraction of sp³-hybridized carbons (Fsp3) is 0.500. The average Bonchev–Trinajstić information content (AvgIpc) is 2.42. The first kappa shape index (κ1) is 16.7. The van der Waals surface area contributed by atoms with Crippen LogP contribution in [0.15, 0.2) is 29.2 Å². The average molecular weight is 298 g/mol. The molecule has 6 heteroatoms. The van der Waals surface area contributed by atoms with Crippen molar-refractivity contribution in [2.45, 2.75) is 18.2 Å². The Kier molecular flexibility index (Phi) is 6.16. The molecule has 1 rings (SSSR count). The Morgan fingerprint density at radius 3 is 2.40 bits per heavy atom. The molecule has 0 radical (unpaired) electrons. The van der Waals surface area contributed by atoms with Crippen LogP contribution in [0.4, 0.5) is 0 Å². The minimum atomic E-state index is -3.39. The van der Waals surface area contributed by atoms with Crippen molar-refractivity contribution >= 4 is 15.7 Å². The van der Waals surface area contributed by atoms with Crippen molar-refractivity contribution < 1.29 is 13.2 Å². The number of carbonyl (C=O) groups excluding carboxylic acids is 1. The molecule has 5 nitrogen and oxygen atoms in total. The molecule has 0 heterocycles. The van der Waals surface area contributed by atoms with Crippen molar-refractivity contribution in [2.75, 3.05) is 32.9 Å². The fourth-order valence-electron chi connectivity index (χ4n) is 1.68. The minimum Gasteiger partial charge on any atom is -0.344 e. The van der Waals surface area contributed by atoms with Crippen LogP contribution in [-0.4, -0.2) is 52.2 Å². The van der Waals surface area contributed by atoms with Crippen LogP contribution in [0.25, 0.3) is 0 Å². The number of hydrogen-bond donors (Lipinski definition) is 1. The van der Waals surface area contributed by atoms with Gasteiger partial charge in [0.2, 0.25) is 5.91 Å². The molecule has 20 heavy (non-hydrogen) atoms. The zero-order chi connectivity index (χ0) is 15.2. The summed E-state index contributed by atoms with van der Waals surface area (Å²) in [4.78, 5) is 13.6. The summed E-state index contributed by atoms with van der Waals surface area (Å²) in [5.41, 5.74) is 1.01. The Labute approximate surface area is 120 Å². The topological polar surface area (TPSA) is 66.5 Å². The number of likely N-dealkylation sites (N-methyl/N-ethyl adjacent to an activating group) is 2. The smallest absolute Gasteiger partial charge is 0.223 e. The van der Waals surface area contributed by atoms with Crippen LogP contribution in [0.2, 0.25) is 0 Å². The van der Waals surface area contributed by atoms with Crippen molar-refractivity contribution in [1.29, 1.82) is 0 Å². The van der Waals surface area contributed by atoms with Gasteiger partial charge in [0.05, 0.1) is 10.6 Å². The van der Waals surface area contributed by atoms with Gasteiger partial charge in [0, 0.05) is 26.6 Å². The van der Waals surface area contributed by atoms with Crippen molar-refractivity contribution in [3.63, 3.8) is 0 Å². The van der Waals surface area contributed by atoms with Gasteiger partial charge in [-0.3, -0.25) is 4.79 Å². The number of sulfone groups is 1. The molecule has 0 saturated carbocycles. The van der Waals surface area contributed by atoms with Crippen molar-refractivity contribution in [2.24, 2.45) is 0 Å². The molecule has 112 valence electrons. The summed E-state index contributed by atoms with van der Waals surface area (Å²) in [5, 5.41) is 2.94. The number of rotatable bonds is 7. The van der Waals surface area contributed by atoms with Crippen molar-refractivity contribution in [3.05, 3.63) is 29.8 Å². The third kappa shape index (κ3) is 4.94. The van der Waals surface area contributed by atoms with E-state index in [4.69, 9.17) is 0 Å². The highest BCUT2D eigenvalue weighted by Crippen LogP contribution is 2.13. The normalized spacial score (nSPS) is 11.3. The van der Waals surface area contributed by atoms with E-state index >= 15 is 0 Å². The summed E-state index contributed by atoms with van der Waals surface area (Å²) in [6.45, 7) is 3.16. The molecule has 1 amide bonds. The van der Waals surface area contributed by atoms with Crippen molar-refractivity contribution in [3.8, 4) is 0 Å². The number of aryl methyl sites for hydroxylation is 1. The molecular weight excluding hydrogens is 276 g/mol. The molecule has 0 aliphatic heterocycles. The number of hydrogen-bond acceptors (Lipinski definition) is 4. The number of carbonyl (C=O) groups is 1. The maximum Gasteiger partial charge on any atom is 0.223 e. The van der Waals surface area contributed by atoms with Gasteiger partial charge < -0.3 is 10.2 Å². The molecule has 0 spiro atoms. The second kappa shape index (κ2) is 7.40. The lowest BCUT2D eigenvalue weighted by Crippen LogP contribution is -2.33. The number of amides is 1. The van der Waals surface area contributed by atoms with E-state index in [0.717, 1.165) is 5.56 Å². The van der Waals surface area contributed by atoms with Gasteiger partial charge in [-0.1, -0.05) is 17.7 Å². The lowest BCUT2D eigenvalue weighted by atomic mass is 10.2. The van der Waals surface area contributed by atoms with E-state index in [9.17, 15) is 13.2 Å². The van der Waals surface area contributed by atoms with Crippen LogP contribution < -0.4 is 5.32 Å². The molecule has 0 unspecified atom stereocenters. The molecular formula is C14H22N2O3S. The summed E-state index contributed by atoms with van der Waals surface area (Å²) >= 11 is 0. The molecule has 0 aliphatic carbocycles. The molecule has 0 saturated heterocycles. The second-order valence-electron chi connectivity index (χ2n) is 4.80. The Morgan fingerprint density at radius 1 is 1.25 bits per heavy atom. The summed E-state index contributed by atoms with van der Waals surface area (Å²) in [6.07, 6.45) is 0.0103. The Balaban J connectivity index is 2.59. The van der Waals surface area contributed by atoms with E-state index in [1.165, 1.54) is 0 Å². The van der Waals surface area contributed by atoms with E-state index < -0.39 is 9.84 Å². The van der Waals surface area contributed by atoms with Gasteiger partial charge in [0.15, 0.2) is 9.84 Å². The van der Waals surface area contributed by atoms with E-state index in [1.807, 2.05) is 6.92 Å². The molecule has 1 N–H and O–H groups in total. The van der Waals surface area contributed by atoms with Crippen LogP contribution in [0.5, 0.6) is 0 Å². The minimum absolute atomic E-state index is 0.0103. The lowest BCUT2D eigenvalue weighted by Gasteiger charge is -2.16. The summed E-state index contributed by atoms with van der Waals surface area (Å²) in [6, 6.07) is 6.68. The largest absolute Gasteiger partial charge is 0.344 e. The third-order valence-corrected chi connectivity index (χ3v) is 4.82. The summed E-state index contributed by atoms with van der Waals surface area (Å²) < 4.78 is 24.2. The van der Waals surface area contributed by atoms with Crippen molar-refractivity contribution in [1.82, 2.24) is 10.2 Å². The van der Waals surface area contributed by atoms with Gasteiger partial charge in [0.25, 0.3) is 0 Å². The first-order valence-corrected chi connectivity index (χ1v) is 8.20. The highest BCUT2D eigenvalue weighted by Gasteiger charge is 2.17. The number of nitrogens with one attached hydrogen (secondary N) is 1. The van der Waals surface area contributed by atoms with Gasteiger partial charge in [-0.15, -0.1) is 0 Å². The van der Waals surface area contributed by atoms with Crippen LogP contribution in [-0.2, 0) is 14.6 Å². The van der Waals surface area contributed by atoms with Crippen LogP contribution in [0, 0.1) is 6.92 Å². The van der Waals surface area contributed by atoms with Crippen LogP contribution >= 0.6 is 0 Å². The Bertz CT molecular complexity index is 538. The highest BCUT2D eigenvalue weighted by molar-refractivity contribution is 7.91. The third-order valence-electron chi connectivity index (χ3n) is 3.09. The molecule has 1 aromatic carbocycles. The summed E-state index contributed by atoms with van der Waals surface area (Å²) in [5.74, 6) is -0.311. The quantitative estimate of drug-likeness (QED) is 0.810. The van der Waals surface area contributed by atoms with Gasteiger partial charge in [-0.2, -0.15) is 0 Å². The Hall–Kier alpha value is -1.40. The maximum absolute atomic E-state index is 12.1. The Morgan fingerprint density at radius 2 is 1.85 bits per heavy atom. The highest BCUT2D eigenvalue weighted by atomic mass is 32.2. The van der Waals surface area contributed by atoms with E-state index in [0.29, 0.717) is 13.1 Å². The molecule has 0 atom stereocenters. The predicted molar refractivity (Wildman–Crippen MR) is 79.4 cm³/mol. The first-order chi connectivity index (χ1) is 9.36. The predicted octanol–water partition coefficient (Wildman–Crippen LogP) is 0.837. The lowest BCUT2D eigenvalue weighted by molar-refractivity contribution is -0.129. The standard InChI is InChI=1S/C14H22N2O3S/c1-12-4-6-13(7-5-12)20(18,19)11-8-14(17)16(3)10-9-15-2/h4-7,15H,8-11H2,1-3H3. The summed E-state index contributed by atoms with van der Waals surface area (Å²) in [7, 11) is 0.0952. The first-order valence-electron chi connectivity index (χ1n) is 6.55. The zero-order valence-electron chi connectivity index (χ0n) is 12.2. The fourth-order valence-corrected chi connectivity index (χ4v) is 2.91. The van der Waals surface area contributed by atoms with Crippen LogP contribution in [0.1, 0.15) is 12.0 Å². The van der Waals surface area contributed by atoms with Gasteiger partial charge in [-0.05, 0) is 26.1 Å². The SMILES string of the molecule is CNCCN(C)C(=O)CCS(=O)(=O)c1ccc(C)cc1. The molecule has 0 aromatic heterocycles. The van der Waals surface area contributed by atoms with E-state index in [1.54, 1.807) is 43.3 Å². The molecule has 1 aromatic rings. The maximum atomic E-state index is 12.1. The van der Waals surface area contributed by atoms with Gasteiger partial charge >= 0.3 is 0 Å². The van der Waals surface area contributed by atoms with E-state index in [2.05, 4.69) is 5.32 Å². The van der Waals surface area contributed by atoms with Crippen LogP contribution in [0.3, 0.4) is 0 Å². The number of benzene rings is 1. The molecule has 0 fully saturated rings.